The first-order valence-corrected chi connectivity index (χ1v) is 4.47. The van der Waals surface area contributed by atoms with Crippen LogP contribution in [0.2, 0.25) is 0 Å². The van der Waals surface area contributed by atoms with E-state index in [2.05, 4.69) is 9.97 Å². The summed E-state index contributed by atoms with van der Waals surface area (Å²) >= 11 is 0. The van der Waals surface area contributed by atoms with Gasteiger partial charge in [-0.05, 0) is 6.07 Å². The molecule has 2 heterocycles. The maximum Gasteiger partial charge on any atom is 0.204 e. The number of aromatic nitrogens is 3. The van der Waals surface area contributed by atoms with Crippen molar-refractivity contribution in [1.29, 1.82) is 0 Å². The van der Waals surface area contributed by atoms with E-state index in [0.717, 1.165) is 0 Å². The first kappa shape index (κ1) is 9.39. The van der Waals surface area contributed by atoms with Crippen molar-refractivity contribution in [3.63, 3.8) is 0 Å². The highest BCUT2D eigenvalue weighted by molar-refractivity contribution is 5.33. The predicted molar refractivity (Wildman–Crippen MR) is 56.2 cm³/mol. The molecule has 0 saturated heterocycles. The van der Waals surface area contributed by atoms with Crippen LogP contribution in [0.5, 0.6) is 0 Å². The standard InChI is InChI=1S/C10H10N4O/c11-8-6-14(5-2-9(8)15)7-10-12-3-1-4-13-10/h1-6H,7,11H2. The van der Waals surface area contributed by atoms with Crippen molar-refractivity contribution < 1.29 is 0 Å². The summed E-state index contributed by atoms with van der Waals surface area (Å²) in [7, 11) is 0. The fourth-order valence-corrected chi connectivity index (χ4v) is 1.22. The van der Waals surface area contributed by atoms with Gasteiger partial charge in [0, 0.05) is 30.9 Å². The van der Waals surface area contributed by atoms with Gasteiger partial charge in [-0.2, -0.15) is 0 Å². The van der Waals surface area contributed by atoms with Gasteiger partial charge < -0.3 is 10.3 Å². The van der Waals surface area contributed by atoms with Crippen molar-refractivity contribution in [2.45, 2.75) is 6.54 Å². The molecule has 0 aliphatic carbocycles. The number of pyridine rings is 1. The van der Waals surface area contributed by atoms with E-state index in [4.69, 9.17) is 5.73 Å². The third-order valence-corrected chi connectivity index (χ3v) is 1.95. The van der Waals surface area contributed by atoms with Gasteiger partial charge in [-0.15, -0.1) is 0 Å². The molecule has 2 rings (SSSR count). The number of hydrogen-bond acceptors (Lipinski definition) is 4. The third kappa shape index (κ3) is 2.19. The van der Waals surface area contributed by atoms with E-state index in [9.17, 15) is 4.79 Å². The van der Waals surface area contributed by atoms with Crippen LogP contribution in [0.1, 0.15) is 5.82 Å². The monoisotopic (exact) mass is 202 g/mol. The molecule has 0 atom stereocenters. The Kier molecular flexibility index (Phi) is 2.45. The van der Waals surface area contributed by atoms with Crippen LogP contribution in [0, 0.1) is 0 Å². The highest BCUT2D eigenvalue weighted by Crippen LogP contribution is 1.97. The van der Waals surface area contributed by atoms with Gasteiger partial charge in [0.15, 0.2) is 0 Å². The van der Waals surface area contributed by atoms with Crippen LogP contribution in [0.15, 0.2) is 41.7 Å². The fraction of sp³-hybridized carbons (Fsp3) is 0.100. The van der Waals surface area contributed by atoms with Crippen LogP contribution < -0.4 is 11.2 Å². The molecule has 76 valence electrons. The maximum absolute atomic E-state index is 11.1. The lowest BCUT2D eigenvalue weighted by molar-refractivity contribution is 0.738. The average Bonchev–Trinajstić information content (AvgIpc) is 2.25. The highest BCUT2D eigenvalue weighted by Gasteiger charge is 1.98. The molecule has 0 fully saturated rings. The van der Waals surface area contributed by atoms with Gasteiger partial charge in [0.2, 0.25) is 5.43 Å². The summed E-state index contributed by atoms with van der Waals surface area (Å²) in [6.45, 7) is 0.505. The van der Waals surface area contributed by atoms with Crippen molar-refractivity contribution in [2.75, 3.05) is 5.73 Å². The second kappa shape index (κ2) is 3.91. The lowest BCUT2D eigenvalue weighted by atomic mass is 10.4. The average molecular weight is 202 g/mol. The summed E-state index contributed by atoms with van der Waals surface area (Å²) < 4.78 is 1.77. The molecule has 0 aliphatic rings. The van der Waals surface area contributed by atoms with Crippen molar-refractivity contribution in [2.24, 2.45) is 0 Å². The van der Waals surface area contributed by atoms with E-state index in [0.29, 0.717) is 12.4 Å². The number of nitrogens with zero attached hydrogens (tertiary/aromatic N) is 3. The first-order valence-electron chi connectivity index (χ1n) is 4.47. The molecule has 0 unspecified atom stereocenters. The van der Waals surface area contributed by atoms with Gasteiger partial charge in [-0.1, -0.05) is 0 Å². The Morgan fingerprint density at radius 2 is 2.07 bits per heavy atom. The Morgan fingerprint density at radius 1 is 1.33 bits per heavy atom. The SMILES string of the molecule is Nc1cn(Cc2ncccn2)ccc1=O. The maximum atomic E-state index is 11.1. The van der Waals surface area contributed by atoms with Crippen molar-refractivity contribution in [3.05, 3.63) is 53.0 Å². The minimum atomic E-state index is -0.166. The third-order valence-electron chi connectivity index (χ3n) is 1.95. The fourth-order valence-electron chi connectivity index (χ4n) is 1.22. The lowest BCUT2D eigenvalue weighted by Crippen LogP contribution is -2.12. The van der Waals surface area contributed by atoms with Crippen LogP contribution in [-0.2, 0) is 6.54 Å². The van der Waals surface area contributed by atoms with Crippen molar-refractivity contribution in [1.82, 2.24) is 14.5 Å². The molecular weight excluding hydrogens is 192 g/mol. The van der Waals surface area contributed by atoms with Gasteiger partial charge in [-0.25, -0.2) is 9.97 Å². The van der Waals surface area contributed by atoms with E-state index >= 15 is 0 Å². The second-order valence-corrected chi connectivity index (χ2v) is 3.10. The highest BCUT2D eigenvalue weighted by atomic mass is 16.1. The largest absolute Gasteiger partial charge is 0.394 e. The molecule has 15 heavy (non-hydrogen) atoms. The molecule has 0 aromatic carbocycles. The van der Waals surface area contributed by atoms with E-state index < -0.39 is 0 Å². The first-order chi connectivity index (χ1) is 7.25. The topological polar surface area (TPSA) is 73.8 Å². The Balaban J connectivity index is 2.26. The lowest BCUT2D eigenvalue weighted by Gasteiger charge is -2.04. The van der Waals surface area contributed by atoms with Gasteiger partial charge >= 0.3 is 0 Å². The molecule has 5 nitrogen and oxygen atoms in total. The molecule has 0 amide bonds. The van der Waals surface area contributed by atoms with E-state index in [-0.39, 0.29) is 11.1 Å². The number of nitrogen functional groups attached to an aromatic ring is 1. The molecule has 0 saturated carbocycles. The smallest absolute Gasteiger partial charge is 0.204 e. The van der Waals surface area contributed by atoms with Crippen LogP contribution in [0.4, 0.5) is 5.69 Å². The summed E-state index contributed by atoms with van der Waals surface area (Å²) in [6.07, 6.45) is 6.59. The zero-order chi connectivity index (χ0) is 10.7. The van der Waals surface area contributed by atoms with Gasteiger partial charge in [0.1, 0.15) is 5.82 Å². The molecular formula is C10H10N4O. The second-order valence-electron chi connectivity index (χ2n) is 3.10. The summed E-state index contributed by atoms with van der Waals surface area (Å²) in [4.78, 5) is 19.2. The minimum absolute atomic E-state index is 0.166. The summed E-state index contributed by atoms with van der Waals surface area (Å²) in [5.41, 5.74) is 5.56. The van der Waals surface area contributed by atoms with Crippen LogP contribution >= 0.6 is 0 Å². The van der Waals surface area contributed by atoms with Crippen LogP contribution in [0.3, 0.4) is 0 Å². The normalized spacial score (nSPS) is 10.1. The predicted octanol–water partition coefficient (Wildman–Crippen LogP) is 0.269. The number of hydrogen-bond donors (Lipinski definition) is 1. The Bertz CT molecular complexity index is 506. The van der Waals surface area contributed by atoms with E-state index in [1.54, 1.807) is 35.4 Å². The molecule has 2 N–H and O–H groups in total. The summed E-state index contributed by atoms with van der Waals surface area (Å²) in [5.74, 6) is 0.681. The molecule has 2 aromatic heterocycles. The van der Waals surface area contributed by atoms with Crippen molar-refractivity contribution >= 4 is 5.69 Å². The van der Waals surface area contributed by atoms with E-state index in [1.165, 1.54) is 6.07 Å². The Labute approximate surface area is 86.2 Å². The molecule has 0 aliphatic heterocycles. The van der Waals surface area contributed by atoms with Crippen molar-refractivity contribution in [3.8, 4) is 0 Å². The number of rotatable bonds is 2. The quantitative estimate of drug-likeness (QED) is 0.758. The minimum Gasteiger partial charge on any atom is -0.394 e. The number of nitrogens with two attached hydrogens (primary N) is 1. The Hall–Kier alpha value is -2.17. The zero-order valence-corrected chi connectivity index (χ0v) is 8.00. The number of anilines is 1. The van der Waals surface area contributed by atoms with Gasteiger partial charge in [0.05, 0.1) is 12.2 Å². The molecule has 0 radical (unpaired) electrons. The Morgan fingerprint density at radius 3 is 2.73 bits per heavy atom. The molecule has 0 bridgehead atoms. The van der Waals surface area contributed by atoms with Gasteiger partial charge in [-0.3, -0.25) is 4.79 Å². The van der Waals surface area contributed by atoms with Crippen LogP contribution in [0.25, 0.3) is 0 Å². The van der Waals surface area contributed by atoms with E-state index in [1.807, 2.05) is 0 Å². The summed E-state index contributed by atoms with van der Waals surface area (Å²) in [6, 6.07) is 3.18. The molecule has 0 spiro atoms. The van der Waals surface area contributed by atoms with Crippen LogP contribution in [-0.4, -0.2) is 14.5 Å². The zero-order valence-electron chi connectivity index (χ0n) is 8.00. The summed E-state index contributed by atoms with van der Waals surface area (Å²) in [5, 5.41) is 0. The molecule has 2 aromatic rings. The molecule has 5 heteroatoms. The van der Waals surface area contributed by atoms with Gasteiger partial charge in [0.25, 0.3) is 0 Å².